The number of hydrogen-bond acceptors (Lipinski definition) is 8. The molecule has 0 saturated heterocycles. The number of nitrogens with two attached hydrogens (primary N) is 2. The Hall–Kier alpha value is -2.58. The number of thiazole rings is 2. The van der Waals surface area contributed by atoms with E-state index < -0.39 is 0 Å². The molecular weight excluding hydrogens is 364 g/mol. The van der Waals surface area contributed by atoms with Gasteiger partial charge >= 0.3 is 0 Å². The average Bonchev–Trinajstić information content (AvgIpc) is 3.22. The van der Waals surface area contributed by atoms with Crippen molar-refractivity contribution in [3.05, 3.63) is 36.4 Å². The monoisotopic (exact) mass is 384 g/mol. The van der Waals surface area contributed by atoms with Crippen molar-refractivity contribution >= 4 is 64.7 Å². The summed E-state index contributed by atoms with van der Waals surface area (Å²) in [5.74, 6) is 0. The van der Waals surface area contributed by atoms with Gasteiger partial charge in [0.15, 0.2) is 10.3 Å². The Morgan fingerprint density at radius 1 is 0.769 bits per heavy atom. The number of rotatable bonds is 5. The molecule has 0 aliphatic rings. The zero-order valence-corrected chi connectivity index (χ0v) is 16.3. The Morgan fingerprint density at radius 2 is 1.19 bits per heavy atom. The molecule has 4 N–H and O–H groups in total. The molecule has 0 atom stereocenters. The maximum atomic E-state index is 5.86. The van der Waals surface area contributed by atoms with Crippen LogP contribution in [0.4, 0.5) is 21.6 Å². The van der Waals surface area contributed by atoms with Crippen molar-refractivity contribution in [1.82, 2.24) is 9.97 Å². The van der Waals surface area contributed by atoms with Crippen LogP contribution in [0.2, 0.25) is 0 Å². The van der Waals surface area contributed by atoms with Crippen LogP contribution in [0.15, 0.2) is 36.4 Å². The number of nitrogens with zero attached hydrogens (tertiary/aromatic N) is 4. The van der Waals surface area contributed by atoms with E-state index in [-0.39, 0.29) is 0 Å². The molecule has 0 spiro atoms. The van der Waals surface area contributed by atoms with E-state index in [1.807, 2.05) is 36.4 Å². The zero-order valence-electron chi connectivity index (χ0n) is 14.6. The van der Waals surface area contributed by atoms with Gasteiger partial charge < -0.3 is 21.3 Å². The Labute approximate surface area is 159 Å². The van der Waals surface area contributed by atoms with Crippen molar-refractivity contribution in [2.75, 3.05) is 48.5 Å². The van der Waals surface area contributed by atoms with Crippen molar-refractivity contribution in [3.8, 4) is 0 Å². The van der Waals surface area contributed by atoms with Crippen molar-refractivity contribution in [2.45, 2.75) is 0 Å². The molecule has 2 aromatic heterocycles. The predicted molar refractivity (Wildman–Crippen MR) is 115 cm³/mol. The molecule has 0 aliphatic carbocycles. The maximum absolute atomic E-state index is 5.86. The highest BCUT2D eigenvalue weighted by Crippen LogP contribution is 2.31. The van der Waals surface area contributed by atoms with Crippen LogP contribution in [0.5, 0.6) is 0 Å². The van der Waals surface area contributed by atoms with E-state index in [1.165, 1.54) is 0 Å². The molecule has 4 rings (SSSR count). The van der Waals surface area contributed by atoms with Crippen LogP contribution in [0.3, 0.4) is 0 Å². The predicted octanol–water partition coefficient (Wildman–Crippen LogP) is 3.64. The fourth-order valence-corrected chi connectivity index (χ4v) is 4.68. The van der Waals surface area contributed by atoms with Crippen molar-refractivity contribution < 1.29 is 0 Å². The van der Waals surface area contributed by atoms with E-state index in [1.54, 1.807) is 22.7 Å². The Bertz CT molecular complexity index is 984. The van der Waals surface area contributed by atoms with Gasteiger partial charge in [-0.2, -0.15) is 0 Å². The van der Waals surface area contributed by atoms with E-state index in [9.17, 15) is 0 Å². The number of nitrogen functional groups attached to an aromatic ring is 2. The van der Waals surface area contributed by atoms with E-state index in [4.69, 9.17) is 21.4 Å². The summed E-state index contributed by atoms with van der Waals surface area (Å²) in [6, 6.07) is 11.7. The Kier molecular flexibility index (Phi) is 4.29. The van der Waals surface area contributed by atoms with Gasteiger partial charge in [0.05, 0.1) is 20.4 Å². The first kappa shape index (κ1) is 16.9. The smallest absolute Gasteiger partial charge is 0.186 e. The molecule has 0 fully saturated rings. The normalized spacial score (nSPS) is 11.3. The molecule has 0 aliphatic heterocycles. The van der Waals surface area contributed by atoms with Crippen LogP contribution in [0, 0.1) is 0 Å². The fourth-order valence-electron chi connectivity index (χ4n) is 2.68. The van der Waals surface area contributed by atoms with Gasteiger partial charge in [-0.25, -0.2) is 9.97 Å². The van der Waals surface area contributed by atoms with Crippen LogP contribution in [0.25, 0.3) is 20.4 Å². The Morgan fingerprint density at radius 3 is 1.62 bits per heavy atom. The first-order valence-corrected chi connectivity index (χ1v) is 9.87. The molecule has 0 radical (unpaired) electrons. The van der Waals surface area contributed by atoms with Gasteiger partial charge in [-0.3, -0.25) is 0 Å². The van der Waals surface area contributed by atoms with E-state index >= 15 is 0 Å². The molecule has 2 heterocycles. The van der Waals surface area contributed by atoms with Crippen molar-refractivity contribution in [3.63, 3.8) is 0 Å². The van der Waals surface area contributed by atoms with Crippen molar-refractivity contribution in [1.29, 1.82) is 0 Å². The second kappa shape index (κ2) is 6.62. The highest BCUT2D eigenvalue weighted by molar-refractivity contribution is 7.22. The van der Waals surface area contributed by atoms with Crippen LogP contribution in [-0.4, -0.2) is 37.2 Å². The van der Waals surface area contributed by atoms with Gasteiger partial charge in [-0.15, -0.1) is 0 Å². The first-order valence-electron chi connectivity index (χ1n) is 8.24. The Balaban J connectivity index is 1.45. The standard InChI is InChI=1S/C18H20N6S2/c1-23(17-21-13-5-3-11(19)9-15(13)25-17)7-8-24(2)18-22-14-6-4-12(20)10-16(14)26-18/h3-6,9-10H,7-8,19-20H2,1-2H3. The quantitative estimate of drug-likeness (QED) is 0.511. The molecule has 6 nitrogen and oxygen atoms in total. The van der Waals surface area contributed by atoms with E-state index in [2.05, 4.69) is 23.9 Å². The number of benzene rings is 2. The van der Waals surface area contributed by atoms with Gasteiger partial charge in [-0.05, 0) is 36.4 Å². The summed E-state index contributed by atoms with van der Waals surface area (Å²) in [6.45, 7) is 1.70. The van der Waals surface area contributed by atoms with Crippen LogP contribution in [-0.2, 0) is 0 Å². The number of aromatic nitrogens is 2. The van der Waals surface area contributed by atoms with Crippen LogP contribution >= 0.6 is 22.7 Å². The molecule has 26 heavy (non-hydrogen) atoms. The van der Waals surface area contributed by atoms with Crippen LogP contribution in [0.1, 0.15) is 0 Å². The summed E-state index contributed by atoms with van der Waals surface area (Å²) >= 11 is 3.32. The lowest BCUT2D eigenvalue weighted by atomic mass is 10.3. The van der Waals surface area contributed by atoms with E-state index in [0.717, 1.165) is 55.2 Å². The molecule has 2 aromatic carbocycles. The summed E-state index contributed by atoms with van der Waals surface area (Å²) < 4.78 is 2.23. The highest BCUT2D eigenvalue weighted by Gasteiger charge is 2.12. The minimum absolute atomic E-state index is 0.770. The van der Waals surface area contributed by atoms with E-state index in [0.29, 0.717) is 0 Å². The van der Waals surface area contributed by atoms with Gasteiger partial charge in [0.25, 0.3) is 0 Å². The lowest BCUT2D eigenvalue weighted by Gasteiger charge is -2.21. The molecule has 134 valence electrons. The summed E-state index contributed by atoms with van der Waals surface area (Å²) in [7, 11) is 4.13. The number of anilines is 4. The second-order valence-corrected chi connectivity index (χ2v) is 8.31. The number of hydrogen-bond donors (Lipinski definition) is 2. The summed E-state index contributed by atoms with van der Waals surface area (Å²) in [5.41, 5.74) is 15.2. The summed E-state index contributed by atoms with van der Waals surface area (Å²) in [6.07, 6.45) is 0. The molecule has 8 heteroatoms. The topological polar surface area (TPSA) is 84.3 Å². The fraction of sp³-hybridized carbons (Fsp3) is 0.222. The third kappa shape index (κ3) is 3.25. The maximum Gasteiger partial charge on any atom is 0.186 e. The SMILES string of the molecule is CN(CCN(C)c1nc2ccc(N)cc2s1)c1nc2ccc(N)cc2s1. The molecule has 0 bridgehead atoms. The lowest BCUT2D eigenvalue weighted by Crippen LogP contribution is -2.30. The average molecular weight is 385 g/mol. The lowest BCUT2D eigenvalue weighted by molar-refractivity contribution is 0.829. The molecule has 0 unspecified atom stereocenters. The molecular formula is C18H20N6S2. The minimum atomic E-state index is 0.770. The third-order valence-corrected chi connectivity index (χ3v) is 6.49. The largest absolute Gasteiger partial charge is 0.399 e. The number of likely N-dealkylation sites (N-methyl/N-ethyl adjacent to an activating group) is 2. The molecule has 4 aromatic rings. The van der Waals surface area contributed by atoms with Gasteiger partial charge in [0, 0.05) is 38.6 Å². The second-order valence-electron chi connectivity index (χ2n) is 6.29. The van der Waals surface area contributed by atoms with Gasteiger partial charge in [-0.1, -0.05) is 22.7 Å². The van der Waals surface area contributed by atoms with Crippen LogP contribution < -0.4 is 21.3 Å². The van der Waals surface area contributed by atoms with Gasteiger partial charge in [0.1, 0.15) is 0 Å². The molecule has 0 saturated carbocycles. The molecule has 0 amide bonds. The third-order valence-electron chi connectivity index (χ3n) is 4.23. The van der Waals surface area contributed by atoms with Crippen molar-refractivity contribution in [2.24, 2.45) is 0 Å². The number of fused-ring (bicyclic) bond motifs is 2. The minimum Gasteiger partial charge on any atom is -0.399 e. The highest BCUT2D eigenvalue weighted by atomic mass is 32.1. The zero-order chi connectivity index (χ0) is 18.3. The van der Waals surface area contributed by atoms with Gasteiger partial charge in [0.2, 0.25) is 0 Å². The summed E-state index contributed by atoms with van der Waals surface area (Å²) in [5, 5.41) is 1.99. The summed E-state index contributed by atoms with van der Waals surface area (Å²) in [4.78, 5) is 13.7. The first-order chi connectivity index (χ1) is 12.5.